The number of pyridine rings is 1. The molecule has 0 radical (unpaired) electrons. The third kappa shape index (κ3) is 4.32. The minimum absolute atomic E-state index is 0.0577. The van der Waals surface area contributed by atoms with Crippen LogP contribution in [0.4, 0.5) is 17.3 Å². The van der Waals surface area contributed by atoms with Crippen LogP contribution in [0, 0.1) is 0 Å². The van der Waals surface area contributed by atoms with Crippen molar-refractivity contribution in [3.63, 3.8) is 0 Å². The minimum atomic E-state index is -1.31. The number of nitrogens with zero attached hydrogens (tertiary/aromatic N) is 5. The quantitative estimate of drug-likeness (QED) is 0.346. The van der Waals surface area contributed by atoms with Crippen LogP contribution >= 0.6 is 0 Å². The predicted octanol–water partition coefficient (Wildman–Crippen LogP) is 3.17. The molecule has 4 aromatic rings. The van der Waals surface area contributed by atoms with E-state index >= 15 is 0 Å². The fraction of sp³-hybridized carbons (Fsp3) is 0.286. The number of carboxylic acid groups (broad SMARTS) is 1. The number of rotatable bonds is 5. The average Bonchev–Trinajstić information content (AvgIpc) is 3.38. The molecule has 1 fully saturated rings. The van der Waals surface area contributed by atoms with Gasteiger partial charge in [-0.25, -0.2) is 9.78 Å². The van der Waals surface area contributed by atoms with Crippen LogP contribution in [0.5, 0.6) is 5.75 Å². The monoisotopic (exact) mass is 512 g/mol. The first-order chi connectivity index (χ1) is 18.4. The van der Waals surface area contributed by atoms with Gasteiger partial charge in [0.2, 0.25) is 11.4 Å². The molecule has 1 aliphatic heterocycles. The van der Waals surface area contributed by atoms with Crippen molar-refractivity contribution < 1.29 is 15.0 Å². The van der Waals surface area contributed by atoms with Gasteiger partial charge in [0.25, 0.3) is 0 Å². The summed E-state index contributed by atoms with van der Waals surface area (Å²) in [7, 11) is 2.09. The van der Waals surface area contributed by atoms with Crippen LogP contribution in [0.1, 0.15) is 27.9 Å². The summed E-state index contributed by atoms with van der Waals surface area (Å²) in [5.74, 6) is -1.07. The lowest BCUT2D eigenvalue weighted by Crippen LogP contribution is -2.44. The molecule has 194 valence electrons. The van der Waals surface area contributed by atoms with Crippen molar-refractivity contribution in [1.29, 1.82) is 0 Å². The number of likely N-dealkylation sites (N-methyl/N-ethyl adjacent to an activating group) is 1. The Balaban J connectivity index is 1.38. The second-order valence-electron chi connectivity index (χ2n) is 9.90. The Labute approximate surface area is 218 Å². The fourth-order valence-corrected chi connectivity index (χ4v) is 5.24. The molecule has 38 heavy (non-hydrogen) atoms. The van der Waals surface area contributed by atoms with E-state index in [0.29, 0.717) is 5.69 Å². The highest BCUT2D eigenvalue weighted by Gasteiger charge is 2.20. The highest BCUT2D eigenvalue weighted by Crippen LogP contribution is 2.31. The maximum atomic E-state index is 12.9. The number of hydrogen-bond acceptors (Lipinski definition) is 8. The molecule has 2 aromatic heterocycles. The van der Waals surface area contributed by atoms with Crippen molar-refractivity contribution in [2.45, 2.75) is 19.3 Å². The van der Waals surface area contributed by atoms with Crippen molar-refractivity contribution in [1.82, 2.24) is 19.4 Å². The van der Waals surface area contributed by atoms with Gasteiger partial charge in [-0.3, -0.25) is 4.79 Å². The van der Waals surface area contributed by atoms with Gasteiger partial charge in [0.05, 0.1) is 11.1 Å². The Hall–Kier alpha value is -4.44. The van der Waals surface area contributed by atoms with Crippen molar-refractivity contribution >= 4 is 34.3 Å². The van der Waals surface area contributed by atoms with Gasteiger partial charge < -0.3 is 29.9 Å². The number of aromatic nitrogens is 3. The first-order valence-electron chi connectivity index (χ1n) is 12.7. The second kappa shape index (κ2) is 9.46. The number of carboxylic acids is 1. The Kier molecular flexibility index (Phi) is 5.96. The molecule has 0 atom stereocenters. The predicted molar refractivity (Wildman–Crippen MR) is 145 cm³/mol. The Bertz CT molecular complexity index is 1620. The number of aryl methyl sites for hydroxylation is 2. The van der Waals surface area contributed by atoms with E-state index in [1.165, 1.54) is 23.5 Å². The lowest BCUT2D eigenvalue weighted by Gasteiger charge is -2.34. The zero-order valence-corrected chi connectivity index (χ0v) is 21.0. The van der Waals surface area contributed by atoms with Crippen LogP contribution in [-0.4, -0.2) is 68.8 Å². The van der Waals surface area contributed by atoms with E-state index in [1.807, 2.05) is 24.3 Å². The molecule has 0 amide bonds. The van der Waals surface area contributed by atoms with Crippen molar-refractivity contribution in [3.8, 4) is 11.4 Å². The third-order valence-corrected chi connectivity index (χ3v) is 7.43. The molecule has 0 saturated carbocycles. The van der Waals surface area contributed by atoms with Crippen LogP contribution in [0.15, 0.2) is 53.6 Å². The summed E-state index contributed by atoms with van der Waals surface area (Å²) in [6.45, 7) is 3.69. The van der Waals surface area contributed by atoms with Gasteiger partial charge >= 0.3 is 5.97 Å². The van der Waals surface area contributed by atoms with E-state index in [1.54, 1.807) is 16.7 Å². The molecule has 10 heteroatoms. The number of anilines is 3. The number of aromatic hydroxyl groups is 1. The number of carbonyl (C=O) groups is 1. The molecule has 0 unspecified atom stereocenters. The molecule has 2 aromatic carbocycles. The molecule has 1 saturated heterocycles. The molecule has 0 bridgehead atoms. The third-order valence-electron chi connectivity index (χ3n) is 7.43. The Morgan fingerprint density at radius 1 is 1.00 bits per heavy atom. The average molecular weight is 513 g/mol. The number of nitrogens with one attached hydrogen (secondary N) is 1. The van der Waals surface area contributed by atoms with Gasteiger partial charge in [0, 0.05) is 56.0 Å². The number of phenolic OH excluding ortho intramolecular Hbond substituents is 1. The van der Waals surface area contributed by atoms with E-state index in [9.17, 15) is 19.8 Å². The Morgan fingerprint density at radius 3 is 2.53 bits per heavy atom. The first-order valence-corrected chi connectivity index (χ1v) is 12.7. The summed E-state index contributed by atoms with van der Waals surface area (Å²) >= 11 is 0. The van der Waals surface area contributed by atoms with E-state index in [0.717, 1.165) is 56.8 Å². The van der Waals surface area contributed by atoms with E-state index in [2.05, 4.69) is 32.1 Å². The van der Waals surface area contributed by atoms with Crippen LogP contribution in [-0.2, 0) is 12.8 Å². The molecule has 6 rings (SSSR count). The van der Waals surface area contributed by atoms with Gasteiger partial charge in [0.15, 0.2) is 5.65 Å². The molecule has 3 N–H and O–H groups in total. The van der Waals surface area contributed by atoms with Gasteiger partial charge in [-0.05, 0) is 61.7 Å². The summed E-state index contributed by atoms with van der Waals surface area (Å²) in [4.78, 5) is 38.1. The number of phenols is 1. The lowest BCUT2D eigenvalue weighted by molar-refractivity contribution is 0.0695. The van der Waals surface area contributed by atoms with E-state index in [-0.39, 0.29) is 28.3 Å². The van der Waals surface area contributed by atoms with Crippen LogP contribution in [0.25, 0.3) is 16.7 Å². The largest absolute Gasteiger partial charge is 0.506 e. The van der Waals surface area contributed by atoms with E-state index in [4.69, 9.17) is 0 Å². The van der Waals surface area contributed by atoms with Crippen molar-refractivity contribution in [2.75, 3.05) is 43.4 Å². The summed E-state index contributed by atoms with van der Waals surface area (Å²) in [6, 6.07) is 11.4. The minimum Gasteiger partial charge on any atom is -0.506 e. The normalized spacial score (nSPS) is 15.6. The molecule has 0 spiro atoms. The molecule has 3 heterocycles. The number of piperazine rings is 1. The Morgan fingerprint density at radius 2 is 1.76 bits per heavy atom. The molecular weight excluding hydrogens is 484 g/mol. The summed E-state index contributed by atoms with van der Waals surface area (Å²) < 4.78 is 1.63. The van der Waals surface area contributed by atoms with Crippen LogP contribution in [0.3, 0.4) is 0 Å². The summed E-state index contributed by atoms with van der Waals surface area (Å²) in [5, 5.41) is 23.5. The zero-order chi connectivity index (χ0) is 26.4. The van der Waals surface area contributed by atoms with Crippen molar-refractivity contribution in [3.05, 3.63) is 75.7 Å². The first kappa shape index (κ1) is 23.9. The maximum Gasteiger partial charge on any atom is 0.341 e. The SMILES string of the molecule is CN1CCN(c2ccc(Nc3ncc4c(=O)c(C(=O)O)cn(-c5ccc6c(c5)CCC6)c4n3)c(O)c2)CC1. The summed E-state index contributed by atoms with van der Waals surface area (Å²) in [6.07, 6.45) is 5.71. The smallest absolute Gasteiger partial charge is 0.341 e. The second-order valence-corrected chi connectivity index (χ2v) is 9.90. The highest BCUT2D eigenvalue weighted by molar-refractivity contribution is 5.92. The van der Waals surface area contributed by atoms with Crippen molar-refractivity contribution in [2.24, 2.45) is 0 Å². The molecular formula is C28H28N6O4. The number of fused-ring (bicyclic) bond motifs is 2. The number of aromatic carboxylic acids is 1. The lowest BCUT2D eigenvalue weighted by atomic mass is 10.1. The maximum absolute atomic E-state index is 12.9. The topological polar surface area (TPSA) is 124 Å². The number of hydrogen-bond donors (Lipinski definition) is 3. The molecule has 1 aliphatic carbocycles. The summed E-state index contributed by atoms with van der Waals surface area (Å²) in [5.41, 5.74) is 3.87. The molecule has 2 aliphatic rings. The van der Waals surface area contributed by atoms with Gasteiger partial charge in [-0.2, -0.15) is 4.98 Å². The standard InChI is InChI=1S/C28H28N6O4/c1-32-9-11-33(12-10-32)19-7-8-23(24(35)14-19)30-28-29-15-21-25(36)22(27(37)38)16-34(26(21)31-28)20-6-5-17-3-2-4-18(17)13-20/h5-8,13-16,35H,2-4,9-12H2,1H3,(H,37,38)(H,29,30,31). The van der Waals surface area contributed by atoms with Gasteiger partial charge in [-0.15, -0.1) is 0 Å². The van der Waals surface area contributed by atoms with Gasteiger partial charge in [-0.1, -0.05) is 6.07 Å². The fourth-order valence-electron chi connectivity index (χ4n) is 5.24. The molecule has 10 nitrogen and oxygen atoms in total. The number of benzene rings is 2. The van der Waals surface area contributed by atoms with Crippen LogP contribution < -0.4 is 15.6 Å². The van der Waals surface area contributed by atoms with Gasteiger partial charge in [0.1, 0.15) is 11.3 Å². The van der Waals surface area contributed by atoms with Crippen LogP contribution in [0.2, 0.25) is 0 Å². The highest BCUT2D eigenvalue weighted by atomic mass is 16.4. The van der Waals surface area contributed by atoms with E-state index < -0.39 is 11.4 Å². The zero-order valence-electron chi connectivity index (χ0n) is 21.0.